The van der Waals surface area contributed by atoms with Crippen molar-refractivity contribution in [3.05, 3.63) is 54.8 Å². The average Bonchev–Trinajstić information content (AvgIpc) is 3.33. The lowest BCUT2D eigenvalue weighted by Crippen LogP contribution is -2.34. The Kier molecular flexibility index (Phi) is 5.15. The molecule has 2 N–H and O–H groups in total. The molecule has 2 fully saturated rings. The molecular weight excluding hydrogens is 454 g/mol. The molecule has 36 heavy (non-hydrogen) atoms. The molecule has 1 amide bonds. The monoisotopic (exact) mass is 477 g/mol. The van der Waals surface area contributed by atoms with E-state index in [0.717, 1.165) is 16.6 Å². The lowest BCUT2D eigenvalue weighted by Gasteiger charge is -2.20. The van der Waals surface area contributed by atoms with Gasteiger partial charge in [0.1, 0.15) is 17.8 Å². The second-order valence-electron chi connectivity index (χ2n) is 9.19. The number of fused-ring (bicyclic) bond motifs is 2. The third-order valence-electron chi connectivity index (χ3n) is 6.88. The predicted molar refractivity (Wildman–Crippen MR) is 133 cm³/mol. The molecule has 1 aliphatic carbocycles. The minimum Gasteiger partial charge on any atom is -0.383 e. The summed E-state index contributed by atoms with van der Waals surface area (Å²) < 4.78 is 3.99. The molecule has 4 heterocycles. The van der Waals surface area contributed by atoms with Gasteiger partial charge in [-0.3, -0.25) is 4.79 Å². The van der Waals surface area contributed by atoms with Crippen molar-refractivity contribution in [1.29, 1.82) is 5.26 Å². The van der Waals surface area contributed by atoms with Gasteiger partial charge >= 0.3 is 0 Å². The van der Waals surface area contributed by atoms with Gasteiger partial charge in [0.05, 0.1) is 41.3 Å². The van der Waals surface area contributed by atoms with E-state index in [2.05, 4.69) is 50.1 Å². The molecule has 1 saturated heterocycles. The van der Waals surface area contributed by atoms with Crippen LogP contribution in [0.2, 0.25) is 0 Å². The van der Waals surface area contributed by atoms with E-state index in [-0.39, 0.29) is 24.4 Å². The van der Waals surface area contributed by atoms with Crippen LogP contribution in [-0.2, 0) is 4.79 Å². The van der Waals surface area contributed by atoms with Gasteiger partial charge in [0.15, 0.2) is 5.65 Å². The third kappa shape index (κ3) is 3.64. The van der Waals surface area contributed by atoms with Crippen molar-refractivity contribution >= 4 is 33.8 Å². The SMILES string of the molecule is C=CC(=O)N1CC(n2nc(C#Cc3ccc4c(c3)ncn4C3CC3)c3c(N)ncnc32)C[C@@H]1CC#N. The minimum absolute atomic E-state index is 0.178. The number of hydrogen-bond acceptors (Lipinski definition) is 7. The van der Waals surface area contributed by atoms with Gasteiger partial charge in [-0.2, -0.15) is 10.4 Å². The number of nitriles is 1. The number of nitrogens with two attached hydrogens (primary N) is 1. The number of carbonyl (C=O) groups excluding carboxylic acids is 1. The first kappa shape index (κ1) is 21.8. The number of likely N-dealkylation sites (tertiary alicyclic amines) is 1. The molecule has 10 nitrogen and oxygen atoms in total. The van der Waals surface area contributed by atoms with Gasteiger partial charge in [-0.1, -0.05) is 12.5 Å². The Labute approximate surface area is 207 Å². The molecule has 1 aromatic carbocycles. The highest BCUT2D eigenvalue weighted by Crippen LogP contribution is 2.37. The Morgan fingerprint density at radius 3 is 2.86 bits per heavy atom. The molecule has 2 aliphatic rings. The second-order valence-corrected chi connectivity index (χ2v) is 9.19. The third-order valence-corrected chi connectivity index (χ3v) is 6.88. The Morgan fingerprint density at radius 1 is 1.22 bits per heavy atom. The summed E-state index contributed by atoms with van der Waals surface area (Å²) in [6.45, 7) is 3.98. The molecule has 1 saturated carbocycles. The van der Waals surface area contributed by atoms with Crippen molar-refractivity contribution < 1.29 is 4.79 Å². The van der Waals surface area contributed by atoms with Gasteiger partial charge in [-0.05, 0) is 49.5 Å². The van der Waals surface area contributed by atoms with Crippen molar-refractivity contribution in [2.24, 2.45) is 0 Å². The summed E-state index contributed by atoms with van der Waals surface area (Å²) in [6, 6.07) is 8.34. The normalized spacial score (nSPS) is 19.2. The van der Waals surface area contributed by atoms with E-state index in [1.807, 2.05) is 18.5 Å². The maximum absolute atomic E-state index is 12.4. The summed E-state index contributed by atoms with van der Waals surface area (Å²) in [6.07, 6.45) is 7.77. The van der Waals surface area contributed by atoms with Crippen molar-refractivity contribution in [3.63, 3.8) is 0 Å². The maximum atomic E-state index is 12.4. The fourth-order valence-corrected chi connectivity index (χ4v) is 4.98. The molecule has 0 spiro atoms. The zero-order valence-corrected chi connectivity index (χ0v) is 19.5. The summed E-state index contributed by atoms with van der Waals surface area (Å²) in [5.41, 5.74) is 10.1. The van der Waals surface area contributed by atoms with E-state index in [4.69, 9.17) is 10.8 Å². The van der Waals surface area contributed by atoms with Gasteiger partial charge in [0.25, 0.3) is 0 Å². The number of imidazole rings is 1. The first-order chi connectivity index (χ1) is 17.6. The molecular formula is C26H23N9O. The van der Waals surface area contributed by atoms with Crippen molar-refractivity contribution in [2.45, 2.75) is 43.8 Å². The van der Waals surface area contributed by atoms with Crippen LogP contribution in [0.15, 0.2) is 43.5 Å². The number of nitrogen functional groups attached to an aromatic ring is 1. The molecule has 6 rings (SSSR count). The van der Waals surface area contributed by atoms with E-state index >= 15 is 0 Å². The van der Waals surface area contributed by atoms with Crippen LogP contribution >= 0.6 is 0 Å². The van der Waals surface area contributed by atoms with E-state index in [9.17, 15) is 10.1 Å². The smallest absolute Gasteiger partial charge is 0.246 e. The second kappa shape index (κ2) is 8.51. The average molecular weight is 478 g/mol. The summed E-state index contributed by atoms with van der Waals surface area (Å²) in [5.74, 6) is 6.43. The van der Waals surface area contributed by atoms with Crippen LogP contribution in [0.1, 0.15) is 49.0 Å². The molecule has 1 unspecified atom stereocenters. The van der Waals surface area contributed by atoms with Crippen LogP contribution in [0.3, 0.4) is 0 Å². The van der Waals surface area contributed by atoms with Crippen LogP contribution in [0.4, 0.5) is 5.82 Å². The molecule has 3 aromatic heterocycles. The highest BCUT2D eigenvalue weighted by molar-refractivity contribution is 5.91. The van der Waals surface area contributed by atoms with Gasteiger partial charge < -0.3 is 15.2 Å². The number of benzene rings is 1. The number of nitrogens with zero attached hydrogens (tertiary/aromatic N) is 8. The van der Waals surface area contributed by atoms with Gasteiger partial charge in [0.2, 0.25) is 5.91 Å². The fourth-order valence-electron chi connectivity index (χ4n) is 4.98. The maximum Gasteiger partial charge on any atom is 0.246 e. The standard InChI is InChI=1S/C26H23N9O/c1-2-23(36)33-13-19(12-18(33)9-10-27)35-26-24(25(28)29-14-30-26)20(32-35)7-3-16-4-8-22-21(11-16)31-15-34(22)17-5-6-17/h2,4,8,11,14-15,17-19H,1,5-6,9,12-13H2,(H2,28,29,30)/t18-,19?/m0/s1. The van der Waals surface area contributed by atoms with E-state index < -0.39 is 0 Å². The van der Waals surface area contributed by atoms with Crippen LogP contribution in [-0.4, -0.2) is 52.7 Å². The largest absolute Gasteiger partial charge is 0.383 e. The van der Waals surface area contributed by atoms with Gasteiger partial charge in [-0.25, -0.2) is 19.6 Å². The summed E-state index contributed by atoms with van der Waals surface area (Å²) in [4.78, 5) is 27.2. The lowest BCUT2D eigenvalue weighted by atomic mass is 10.1. The number of anilines is 1. The van der Waals surface area contributed by atoms with Crippen LogP contribution < -0.4 is 5.73 Å². The summed E-state index contributed by atoms with van der Waals surface area (Å²) in [5, 5.41) is 14.6. The fraction of sp³-hybridized carbons (Fsp3) is 0.308. The Balaban J connectivity index is 1.37. The first-order valence-electron chi connectivity index (χ1n) is 11.8. The molecule has 2 atom stereocenters. The number of hydrogen-bond donors (Lipinski definition) is 1. The highest BCUT2D eigenvalue weighted by Gasteiger charge is 2.37. The zero-order chi connectivity index (χ0) is 24.8. The number of amides is 1. The minimum atomic E-state index is -0.222. The summed E-state index contributed by atoms with van der Waals surface area (Å²) in [7, 11) is 0. The molecule has 0 radical (unpaired) electrons. The number of aromatic nitrogens is 6. The highest BCUT2D eigenvalue weighted by atomic mass is 16.2. The Bertz CT molecular complexity index is 1630. The van der Waals surface area contributed by atoms with Crippen LogP contribution in [0.5, 0.6) is 0 Å². The quantitative estimate of drug-likeness (QED) is 0.353. The first-order valence-corrected chi connectivity index (χ1v) is 11.8. The number of rotatable bonds is 4. The molecule has 10 heteroatoms. The van der Waals surface area contributed by atoms with Crippen molar-refractivity contribution in [2.75, 3.05) is 12.3 Å². The molecule has 4 aromatic rings. The van der Waals surface area contributed by atoms with Crippen molar-refractivity contribution in [3.8, 4) is 17.9 Å². The van der Waals surface area contributed by atoms with Crippen LogP contribution in [0.25, 0.3) is 22.1 Å². The Morgan fingerprint density at radius 2 is 2.08 bits per heavy atom. The van der Waals surface area contributed by atoms with Gasteiger partial charge in [-0.15, -0.1) is 0 Å². The van der Waals surface area contributed by atoms with E-state index in [0.29, 0.717) is 41.6 Å². The summed E-state index contributed by atoms with van der Waals surface area (Å²) >= 11 is 0. The predicted octanol–water partition coefficient (Wildman–Crippen LogP) is 2.73. The Hall–Kier alpha value is -4.70. The zero-order valence-electron chi connectivity index (χ0n) is 19.5. The molecule has 0 bridgehead atoms. The topological polar surface area (TPSA) is 132 Å². The molecule has 178 valence electrons. The number of carbonyl (C=O) groups is 1. The van der Waals surface area contributed by atoms with E-state index in [1.165, 1.54) is 25.2 Å². The lowest BCUT2D eigenvalue weighted by molar-refractivity contribution is -0.126. The molecule has 1 aliphatic heterocycles. The van der Waals surface area contributed by atoms with Gasteiger partial charge in [0, 0.05) is 24.2 Å². The van der Waals surface area contributed by atoms with Crippen molar-refractivity contribution in [1.82, 2.24) is 34.2 Å². The van der Waals surface area contributed by atoms with Crippen LogP contribution in [0, 0.1) is 23.2 Å². The van der Waals surface area contributed by atoms with E-state index in [1.54, 1.807) is 9.58 Å².